The van der Waals surface area contributed by atoms with Gasteiger partial charge in [-0.25, -0.2) is 0 Å². The second-order valence-electron chi connectivity index (χ2n) is 4.80. The number of aryl methyl sites for hydroxylation is 1. The lowest BCUT2D eigenvalue weighted by Crippen LogP contribution is -2.14. The molecule has 7 heteroatoms. The number of nitro groups is 1. The molecule has 0 saturated carbocycles. The zero-order chi connectivity index (χ0) is 17.0. The number of nitrogens with zero attached hydrogens (tertiary/aromatic N) is 1. The van der Waals surface area contributed by atoms with E-state index in [2.05, 4.69) is 5.32 Å². The molecule has 0 aliphatic rings. The molecule has 0 heterocycles. The van der Waals surface area contributed by atoms with Crippen LogP contribution in [0.4, 0.5) is 11.4 Å². The molecule has 0 aliphatic carbocycles. The number of anilines is 1. The third-order valence-corrected chi connectivity index (χ3v) is 3.25. The number of carbonyl (C=O) groups is 1. The van der Waals surface area contributed by atoms with Crippen molar-refractivity contribution in [1.29, 1.82) is 0 Å². The molecular weight excluding hydrogens is 300 g/mol. The topological polar surface area (TPSA) is 90.7 Å². The number of methoxy groups -OCH3 is 2. The predicted molar refractivity (Wildman–Crippen MR) is 85.3 cm³/mol. The van der Waals surface area contributed by atoms with Crippen molar-refractivity contribution in [2.45, 2.75) is 6.92 Å². The van der Waals surface area contributed by atoms with Crippen LogP contribution in [0.15, 0.2) is 36.4 Å². The SMILES string of the molecule is COc1ccc(C(=O)Nc2ccc(C)cc2[N+](=O)[O-])c(OC)c1. The molecular formula is C16H16N2O5. The number of ether oxygens (including phenoxy) is 2. The van der Waals surface area contributed by atoms with E-state index in [4.69, 9.17) is 9.47 Å². The van der Waals surface area contributed by atoms with E-state index in [9.17, 15) is 14.9 Å². The second kappa shape index (κ2) is 6.78. The van der Waals surface area contributed by atoms with Crippen molar-refractivity contribution in [3.8, 4) is 11.5 Å². The molecule has 0 bridgehead atoms. The van der Waals surface area contributed by atoms with Crippen molar-refractivity contribution in [3.05, 3.63) is 57.6 Å². The molecule has 0 spiro atoms. The molecule has 7 nitrogen and oxygen atoms in total. The molecule has 23 heavy (non-hydrogen) atoms. The molecule has 0 aromatic heterocycles. The first-order valence-corrected chi connectivity index (χ1v) is 6.74. The van der Waals surface area contributed by atoms with Gasteiger partial charge < -0.3 is 14.8 Å². The fraction of sp³-hybridized carbons (Fsp3) is 0.188. The number of hydrogen-bond donors (Lipinski definition) is 1. The highest BCUT2D eigenvalue weighted by Crippen LogP contribution is 2.28. The van der Waals surface area contributed by atoms with Crippen molar-refractivity contribution in [3.63, 3.8) is 0 Å². The first-order valence-electron chi connectivity index (χ1n) is 6.74. The molecule has 0 unspecified atom stereocenters. The zero-order valence-corrected chi connectivity index (χ0v) is 13.0. The first-order chi connectivity index (χ1) is 11.0. The lowest BCUT2D eigenvalue weighted by molar-refractivity contribution is -0.384. The maximum atomic E-state index is 12.4. The van der Waals surface area contributed by atoms with Crippen LogP contribution in [0.2, 0.25) is 0 Å². The molecule has 0 radical (unpaired) electrons. The Labute approximate surface area is 133 Å². The largest absolute Gasteiger partial charge is 0.497 e. The number of rotatable bonds is 5. The molecule has 2 aromatic carbocycles. The van der Waals surface area contributed by atoms with Crippen LogP contribution in [-0.2, 0) is 0 Å². The third kappa shape index (κ3) is 3.57. The van der Waals surface area contributed by atoms with Crippen molar-refractivity contribution >= 4 is 17.3 Å². The Balaban J connectivity index is 2.35. The van der Waals surface area contributed by atoms with E-state index in [0.29, 0.717) is 11.5 Å². The van der Waals surface area contributed by atoms with Gasteiger partial charge in [0.15, 0.2) is 0 Å². The van der Waals surface area contributed by atoms with E-state index >= 15 is 0 Å². The summed E-state index contributed by atoms with van der Waals surface area (Å²) < 4.78 is 10.2. The summed E-state index contributed by atoms with van der Waals surface area (Å²) in [6, 6.07) is 9.31. The molecule has 1 N–H and O–H groups in total. The standard InChI is InChI=1S/C16H16N2O5/c1-10-4-7-13(14(8-10)18(20)21)17-16(19)12-6-5-11(22-2)9-15(12)23-3/h4-9H,1-3H3,(H,17,19). The number of amides is 1. The highest BCUT2D eigenvalue weighted by Gasteiger charge is 2.19. The van der Waals surface area contributed by atoms with Gasteiger partial charge in [0.05, 0.1) is 24.7 Å². The van der Waals surface area contributed by atoms with Crippen molar-refractivity contribution in [2.75, 3.05) is 19.5 Å². The summed E-state index contributed by atoms with van der Waals surface area (Å²) >= 11 is 0. The predicted octanol–water partition coefficient (Wildman–Crippen LogP) is 3.17. The van der Waals surface area contributed by atoms with Crippen molar-refractivity contribution in [1.82, 2.24) is 0 Å². The molecule has 1 amide bonds. The Morgan fingerprint density at radius 1 is 1.13 bits per heavy atom. The van der Waals surface area contributed by atoms with Gasteiger partial charge in [-0.1, -0.05) is 6.07 Å². The Hall–Kier alpha value is -3.09. The van der Waals surface area contributed by atoms with Gasteiger partial charge >= 0.3 is 0 Å². The quantitative estimate of drug-likeness (QED) is 0.676. The molecule has 0 fully saturated rings. The summed E-state index contributed by atoms with van der Waals surface area (Å²) in [6.07, 6.45) is 0. The Kier molecular flexibility index (Phi) is 4.80. The summed E-state index contributed by atoms with van der Waals surface area (Å²) in [4.78, 5) is 23.0. The number of hydrogen-bond acceptors (Lipinski definition) is 5. The minimum Gasteiger partial charge on any atom is -0.497 e. The van der Waals surface area contributed by atoms with E-state index in [1.54, 1.807) is 25.1 Å². The van der Waals surface area contributed by atoms with Gasteiger partial charge in [-0.05, 0) is 30.7 Å². The molecule has 120 valence electrons. The van der Waals surface area contributed by atoms with Crippen molar-refractivity contribution < 1.29 is 19.2 Å². The van der Waals surface area contributed by atoms with Crippen LogP contribution in [-0.4, -0.2) is 25.1 Å². The van der Waals surface area contributed by atoms with Crippen LogP contribution >= 0.6 is 0 Å². The van der Waals surface area contributed by atoms with E-state index < -0.39 is 10.8 Å². The molecule has 0 saturated heterocycles. The van der Waals surface area contributed by atoms with Gasteiger partial charge in [0.2, 0.25) is 0 Å². The summed E-state index contributed by atoms with van der Waals surface area (Å²) in [6.45, 7) is 1.74. The second-order valence-corrected chi connectivity index (χ2v) is 4.80. The molecule has 2 rings (SSSR count). The van der Waals surface area contributed by atoms with Crippen LogP contribution in [0.25, 0.3) is 0 Å². The number of carbonyl (C=O) groups excluding carboxylic acids is 1. The number of nitro benzene ring substituents is 1. The maximum Gasteiger partial charge on any atom is 0.293 e. The zero-order valence-electron chi connectivity index (χ0n) is 13.0. The van der Waals surface area contributed by atoms with Gasteiger partial charge in [-0.3, -0.25) is 14.9 Å². The summed E-state index contributed by atoms with van der Waals surface area (Å²) in [7, 11) is 2.93. The lowest BCUT2D eigenvalue weighted by atomic mass is 10.1. The van der Waals surface area contributed by atoms with Gasteiger partial charge in [0, 0.05) is 12.1 Å². The monoisotopic (exact) mass is 316 g/mol. The lowest BCUT2D eigenvalue weighted by Gasteiger charge is -2.11. The van der Waals surface area contributed by atoms with E-state index in [1.165, 1.54) is 32.4 Å². The van der Waals surface area contributed by atoms with Crippen LogP contribution in [0.3, 0.4) is 0 Å². The fourth-order valence-electron chi connectivity index (χ4n) is 2.07. The summed E-state index contributed by atoms with van der Waals surface area (Å²) in [5.74, 6) is 0.354. The highest BCUT2D eigenvalue weighted by molar-refractivity contribution is 6.07. The average Bonchev–Trinajstić information content (AvgIpc) is 2.55. The van der Waals surface area contributed by atoms with Crippen LogP contribution < -0.4 is 14.8 Å². The van der Waals surface area contributed by atoms with Crippen LogP contribution in [0.1, 0.15) is 15.9 Å². The molecule has 2 aromatic rings. The van der Waals surface area contributed by atoms with Gasteiger partial charge in [-0.2, -0.15) is 0 Å². The Bertz CT molecular complexity index is 758. The van der Waals surface area contributed by atoms with E-state index in [-0.39, 0.29) is 16.9 Å². The average molecular weight is 316 g/mol. The van der Waals surface area contributed by atoms with Crippen LogP contribution in [0.5, 0.6) is 11.5 Å². The first kappa shape index (κ1) is 16.3. The summed E-state index contributed by atoms with van der Waals surface area (Å²) in [5.41, 5.74) is 0.953. The van der Waals surface area contributed by atoms with Gasteiger partial charge in [0.1, 0.15) is 17.2 Å². The fourth-order valence-corrected chi connectivity index (χ4v) is 2.07. The molecule has 0 aliphatic heterocycles. The third-order valence-electron chi connectivity index (χ3n) is 3.25. The van der Waals surface area contributed by atoms with Crippen molar-refractivity contribution in [2.24, 2.45) is 0 Å². The molecule has 0 atom stereocenters. The van der Waals surface area contributed by atoms with E-state index in [0.717, 1.165) is 5.56 Å². The summed E-state index contributed by atoms with van der Waals surface area (Å²) in [5, 5.41) is 13.7. The normalized spacial score (nSPS) is 10.0. The highest BCUT2D eigenvalue weighted by atomic mass is 16.6. The number of benzene rings is 2. The number of nitrogens with one attached hydrogen (secondary N) is 1. The van der Waals surface area contributed by atoms with E-state index in [1.807, 2.05) is 0 Å². The van der Waals surface area contributed by atoms with Gasteiger partial charge in [-0.15, -0.1) is 0 Å². The van der Waals surface area contributed by atoms with Gasteiger partial charge in [0.25, 0.3) is 11.6 Å². The Morgan fingerprint density at radius 3 is 2.48 bits per heavy atom. The maximum absolute atomic E-state index is 12.4. The minimum absolute atomic E-state index is 0.128. The minimum atomic E-state index is -0.534. The smallest absolute Gasteiger partial charge is 0.293 e. The van der Waals surface area contributed by atoms with Crippen LogP contribution in [0, 0.1) is 17.0 Å². The Morgan fingerprint density at radius 2 is 1.87 bits per heavy atom.